The van der Waals surface area contributed by atoms with E-state index >= 15 is 0 Å². The summed E-state index contributed by atoms with van der Waals surface area (Å²) < 4.78 is 21.8. The van der Waals surface area contributed by atoms with Crippen LogP contribution in [0.25, 0.3) is 6.08 Å². The molecule has 0 aliphatic carbocycles. The number of anilines is 1. The summed E-state index contributed by atoms with van der Waals surface area (Å²) in [6.45, 7) is 0. The van der Waals surface area contributed by atoms with Gasteiger partial charge in [0.25, 0.3) is 0 Å². The van der Waals surface area contributed by atoms with Crippen LogP contribution in [0.1, 0.15) is 5.56 Å². The quantitative estimate of drug-likeness (QED) is 0.786. The van der Waals surface area contributed by atoms with Crippen LogP contribution < -0.4 is 4.90 Å². The van der Waals surface area contributed by atoms with Gasteiger partial charge in [0.15, 0.2) is 9.84 Å². The Morgan fingerprint density at radius 2 is 1.67 bits per heavy atom. The molecule has 1 aromatic carbocycles. The molecule has 0 radical (unpaired) electrons. The van der Waals surface area contributed by atoms with Crippen molar-refractivity contribution in [1.82, 2.24) is 0 Å². The Balaban J connectivity index is 2.86. The van der Waals surface area contributed by atoms with Gasteiger partial charge in [-0.05, 0) is 23.8 Å². The van der Waals surface area contributed by atoms with E-state index in [9.17, 15) is 8.42 Å². The molecule has 4 heteroatoms. The van der Waals surface area contributed by atoms with E-state index in [4.69, 9.17) is 0 Å². The first-order chi connectivity index (χ1) is 6.88. The fraction of sp³-hybridized carbons (Fsp3) is 0.273. The maximum absolute atomic E-state index is 10.9. The normalized spacial score (nSPS) is 11.9. The molecule has 0 heterocycles. The molecular formula is C11H15NO2S. The molecular weight excluding hydrogens is 210 g/mol. The third-order valence-corrected chi connectivity index (χ3v) is 2.55. The summed E-state index contributed by atoms with van der Waals surface area (Å²) in [7, 11) is 0.880. The summed E-state index contributed by atoms with van der Waals surface area (Å²) in [5, 5.41) is 1.21. The van der Waals surface area contributed by atoms with Crippen molar-refractivity contribution < 1.29 is 8.42 Å². The zero-order chi connectivity index (χ0) is 11.5. The van der Waals surface area contributed by atoms with Gasteiger partial charge in [-0.2, -0.15) is 0 Å². The first-order valence-corrected chi connectivity index (χ1v) is 6.49. The van der Waals surface area contributed by atoms with E-state index in [1.165, 1.54) is 11.7 Å². The highest BCUT2D eigenvalue weighted by molar-refractivity contribution is 7.93. The fourth-order valence-electron chi connectivity index (χ4n) is 1.09. The van der Waals surface area contributed by atoms with Gasteiger partial charge in [-0.3, -0.25) is 0 Å². The van der Waals surface area contributed by atoms with E-state index in [2.05, 4.69) is 0 Å². The highest BCUT2D eigenvalue weighted by Crippen LogP contribution is 2.13. The molecule has 0 atom stereocenters. The molecule has 0 amide bonds. The van der Waals surface area contributed by atoms with E-state index in [0.717, 1.165) is 11.3 Å². The maximum Gasteiger partial charge on any atom is 0.168 e. The molecule has 0 aromatic heterocycles. The minimum Gasteiger partial charge on any atom is -0.378 e. The van der Waals surface area contributed by atoms with E-state index in [1.807, 2.05) is 43.3 Å². The van der Waals surface area contributed by atoms with Crippen molar-refractivity contribution in [2.45, 2.75) is 0 Å². The molecule has 0 unspecified atom stereocenters. The first kappa shape index (κ1) is 11.8. The molecule has 15 heavy (non-hydrogen) atoms. The predicted octanol–water partition coefficient (Wildman–Crippen LogP) is 1.77. The smallest absolute Gasteiger partial charge is 0.168 e. The lowest BCUT2D eigenvalue weighted by Gasteiger charge is -2.11. The van der Waals surface area contributed by atoms with E-state index in [1.54, 1.807) is 6.08 Å². The lowest BCUT2D eigenvalue weighted by Crippen LogP contribution is -2.07. The number of benzene rings is 1. The second-order valence-corrected chi connectivity index (χ2v) is 5.55. The van der Waals surface area contributed by atoms with Crippen molar-refractivity contribution in [3.05, 3.63) is 35.2 Å². The maximum atomic E-state index is 10.9. The molecule has 0 fully saturated rings. The number of rotatable bonds is 3. The van der Waals surface area contributed by atoms with Gasteiger partial charge in [0.1, 0.15) is 0 Å². The molecule has 0 spiro atoms. The fourth-order valence-corrected chi connectivity index (χ4v) is 1.49. The van der Waals surface area contributed by atoms with Crippen molar-refractivity contribution in [3.8, 4) is 0 Å². The first-order valence-electron chi connectivity index (χ1n) is 4.54. The Morgan fingerprint density at radius 1 is 1.13 bits per heavy atom. The average Bonchev–Trinajstić information content (AvgIpc) is 2.14. The second kappa shape index (κ2) is 4.49. The molecule has 0 aliphatic heterocycles. The van der Waals surface area contributed by atoms with Gasteiger partial charge in [-0.25, -0.2) is 8.42 Å². The third-order valence-electron chi connectivity index (χ3n) is 1.92. The number of sulfone groups is 1. The zero-order valence-corrected chi connectivity index (χ0v) is 9.95. The van der Waals surface area contributed by atoms with Gasteiger partial charge in [0, 0.05) is 31.4 Å². The van der Waals surface area contributed by atoms with Crippen LogP contribution in [-0.2, 0) is 9.84 Å². The van der Waals surface area contributed by atoms with Gasteiger partial charge in [0.05, 0.1) is 0 Å². The molecule has 1 aromatic rings. The monoisotopic (exact) mass is 225 g/mol. The van der Waals surface area contributed by atoms with Gasteiger partial charge in [-0.15, -0.1) is 0 Å². The van der Waals surface area contributed by atoms with Crippen molar-refractivity contribution >= 4 is 21.6 Å². The molecule has 0 aliphatic rings. The van der Waals surface area contributed by atoms with Crippen molar-refractivity contribution in [2.24, 2.45) is 0 Å². The summed E-state index contributed by atoms with van der Waals surface area (Å²) in [4.78, 5) is 1.99. The Hall–Kier alpha value is -1.29. The summed E-state index contributed by atoms with van der Waals surface area (Å²) >= 11 is 0. The molecule has 1 rings (SSSR count). The van der Waals surface area contributed by atoms with Gasteiger partial charge in [-0.1, -0.05) is 12.1 Å². The predicted molar refractivity (Wildman–Crippen MR) is 64.6 cm³/mol. The second-order valence-electron chi connectivity index (χ2n) is 3.62. The van der Waals surface area contributed by atoms with Crippen LogP contribution in [0.3, 0.4) is 0 Å². The SMILES string of the molecule is CN(C)c1ccc(/C=C/S(C)(=O)=O)cc1. The molecule has 82 valence electrons. The summed E-state index contributed by atoms with van der Waals surface area (Å²) in [5.41, 5.74) is 1.97. The highest BCUT2D eigenvalue weighted by Gasteiger charge is 1.95. The highest BCUT2D eigenvalue weighted by atomic mass is 32.2. The van der Waals surface area contributed by atoms with Gasteiger partial charge < -0.3 is 4.90 Å². The van der Waals surface area contributed by atoms with Crippen LogP contribution in [0.4, 0.5) is 5.69 Å². The van der Waals surface area contributed by atoms with Crippen LogP contribution >= 0.6 is 0 Å². The molecule has 0 N–H and O–H groups in total. The van der Waals surface area contributed by atoms with Crippen molar-refractivity contribution in [2.75, 3.05) is 25.3 Å². The Bertz CT molecular complexity index is 444. The number of hydrogen-bond acceptors (Lipinski definition) is 3. The third kappa shape index (κ3) is 4.16. The van der Waals surface area contributed by atoms with Crippen molar-refractivity contribution in [1.29, 1.82) is 0 Å². The van der Waals surface area contributed by atoms with Crippen LogP contribution in [-0.4, -0.2) is 28.8 Å². The molecule has 0 saturated heterocycles. The number of nitrogens with zero attached hydrogens (tertiary/aromatic N) is 1. The summed E-state index contributed by atoms with van der Waals surface area (Å²) in [6.07, 6.45) is 2.77. The van der Waals surface area contributed by atoms with Crippen LogP contribution in [0, 0.1) is 0 Å². The minimum absolute atomic E-state index is 0.881. The molecule has 0 bridgehead atoms. The Morgan fingerprint density at radius 3 is 2.07 bits per heavy atom. The van der Waals surface area contributed by atoms with Crippen LogP contribution in [0.5, 0.6) is 0 Å². The largest absolute Gasteiger partial charge is 0.378 e. The summed E-state index contributed by atoms with van der Waals surface area (Å²) in [6, 6.07) is 7.66. The van der Waals surface area contributed by atoms with E-state index in [0.29, 0.717) is 0 Å². The lowest BCUT2D eigenvalue weighted by atomic mass is 10.2. The Kier molecular flexibility index (Phi) is 3.52. The lowest BCUT2D eigenvalue weighted by molar-refractivity contribution is 0.610. The van der Waals surface area contributed by atoms with Gasteiger partial charge in [0.2, 0.25) is 0 Å². The van der Waals surface area contributed by atoms with Crippen LogP contribution in [0.2, 0.25) is 0 Å². The molecule has 3 nitrogen and oxygen atoms in total. The van der Waals surface area contributed by atoms with Crippen LogP contribution in [0.15, 0.2) is 29.7 Å². The zero-order valence-electron chi connectivity index (χ0n) is 9.14. The average molecular weight is 225 g/mol. The van der Waals surface area contributed by atoms with Crippen molar-refractivity contribution in [3.63, 3.8) is 0 Å². The van der Waals surface area contributed by atoms with Gasteiger partial charge >= 0.3 is 0 Å². The Labute approximate surface area is 91.0 Å². The topological polar surface area (TPSA) is 37.4 Å². The minimum atomic E-state index is -3.04. The van der Waals surface area contributed by atoms with E-state index < -0.39 is 9.84 Å². The van der Waals surface area contributed by atoms with E-state index in [-0.39, 0.29) is 0 Å². The molecule has 0 saturated carbocycles. The standard InChI is InChI=1S/C11H15NO2S/c1-12(2)11-6-4-10(5-7-11)8-9-15(3,13)14/h4-9H,1-3H3/b9-8+. The summed E-state index contributed by atoms with van der Waals surface area (Å²) in [5.74, 6) is 0. The number of hydrogen-bond donors (Lipinski definition) is 0.